The van der Waals surface area contributed by atoms with Gasteiger partial charge in [0.25, 0.3) is 0 Å². The van der Waals surface area contributed by atoms with Crippen LogP contribution in [0.4, 0.5) is 0 Å². The molecule has 57 heavy (non-hydrogen) atoms. The molecule has 0 bridgehead atoms. The lowest BCUT2D eigenvalue weighted by atomic mass is 9.86. The van der Waals surface area contributed by atoms with Gasteiger partial charge in [-0.25, -0.2) is 0 Å². The summed E-state index contributed by atoms with van der Waals surface area (Å²) in [6.45, 7) is 0. The van der Waals surface area contributed by atoms with Crippen LogP contribution in [0.2, 0.25) is 0 Å². The smallest absolute Gasteiger partial charge is 0.143 e. The Morgan fingerprint density at radius 1 is 0.298 bits per heavy atom. The van der Waals surface area contributed by atoms with Crippen molar-refractivity contribution in [2.75, 3.05) is 0 Å². The predicted octanol–water partition coefficient (Wildman–Crippen LogP) is 16.3. The number of para-hydroxylation sites is 2. The van der Waals surface area contributed by atoms with Crippen molar-refractivity contribution in [1.29, 1.82) is 0 Å². The molecule has 3 heterocycles. The molecule has 13 rings (SSSR count). The summed E-state index contributed by atoms with van der Waals surface area (Å²) in [6, 6.07) is 65.9. The Labute approximate surface area is 330 Å². The zero-order valence-electron chi connectivity index (χ0n) is 30.5. The van der Waals surface area contributed by atoms with E-state index in [2.05, 4.69) is 176 Å². The first-order valence-corrected chi connectivity index (χ1v) is 20.2. The summed E-state index contributed by atoms with van der Waals surface area (Å²) in [5, 5.41) is 14.4. The van der Waals surface area contributed by atoms with Crippen LogP contribution in [-0.4, -0.2) is 0 Å². The van der Waals surface area contributed by atoms with Crippen molar-refractivity contribution < 1.29 is 8.83 Å². The Morgan fingerprint density at radius 2 is 0.895 bits per heavy atom. The van der Waals surface area contributed by atoms with E-state index < -0.39 is 0 Å². The fourth-order valence-corrected chi connectivity index (χ4v) is 10.8. The molecule has 3 heteroatoms. The highest BCUT2D eigenvalue weighted by atomic mass is 32.1. The number of furan rings is 2. The van der Waals surface area contributed by atoms with E-state index in [1.54, 1.807) is 0 Å². The second-order valence-corrected chi connectivity index (χ2v) is 16.1. The summed E-state index contributed by atoms with van der Waals surface area (Å²) < 4.78 is 15.8. The lowest BCUT2D eigenvalue weighted by Crippen LogP contribution is -1.90. The maximum absolute atomic E-state index is 6.89. The molecule has 0 saturated carbocycles. The standard InChI is InChI=1S/C54H30O2S/c1-2-13-31(14-3-1)51-35-17-5-7-19-37(35)52(38-20-8-6-18-36(38)51)32-25-26-48-43(27-32)40-23-12-22-39(53(40)56-48)42-28-46-45-29-49-44(34-16-10-11-24-47(34)55-49)30-50(45)57-54(46)41-21-9-4-15-33(41)42/h1-30H. The minimum Gasteiger partial charge on any atom is -0.456 e. The van der Waals surface area contributed by atoms with Gasteiger partial charge >= 0.3 is 0 Å². The highest BCUT2D eigenvalue weighted by Crippen LogP contribution is 2.48. The van der Waals surface area contributed by atoms with Crippen LogP contribution in [0.15, 0.2) is 191 Å². The molecule has 13 aromatic rings. The molecule has 0 atom stereocenters. The van der Waals surface area contributed by atoms with Gasteiger partial charge in [0, 0.05) is 52.7 Å². The molecule has 0 saturated heterocycles. The summed E-state index contributed by atoms with van der Waals surface area (Å²) in [5.74, 6) is 0. The largest absolute Gasteiger partial charge is 0.456 e. The zero-order valence-corrected chi connectivity index (χ0v) is 31.4. The first-order valence-electron chi connectivity index (χ1n) is 19.4. The summed E-state index contributed by atoms with van der Waals surface area (Å²) in [5.41, 5.74) is 10.8. The predicted molar refractivity (Wildman–Crippen MR) is 243 cm³/mol. The van der Waals surface area contributed by atoms with Crippen molar-refractivity contribution in [2.45, 2.75) is 0 Å². The van der Waals surface area contributed by atoms with Crippen LogP contribution >= 0.6 is 11.3 Å². The normalized spacial score (nSPS) is 12.2. The van der Waals surface area contributed by atoms with Gasteiger partial charge in [0.05, 0.1) is 0 Å². The van der Waals surface area contributed by atoms with Crippen LogP contribution < -0.4 is 0 Å². The lowest BCUT2D eigenvalue weighted by Gasteiger charge is -2.17. The van der Waals surface area contributed by atoms with Gasteiger partial charge in [-0.05, 0) is 91.1 Å². The van der Waals surface area contributed by atoms with E-state index in [1.165, 1.54) is 80.3 Å². The van der Waals surface area contributed by atoms with Gasteiger partial charge in [0.1, 0.15) is 22.3 Å². The maximum Gasteiger partial charge on any atom is 0.143 e. The fourth-order valence-electron chi connectivity index (χ4n) is 9.56. The Hall–Kier alpha value is -7.20. The van der Waals surface area contributed by atoms with Gasteiger partial charge in [0.2, 0.25) is 0 Å². The molecule has 0 aliphatic heterocycles. The minimum atomic E-state index is 0.884. The van der Waals surface area contributed by atoms with Crippen molar-refractivity contribution in [3.63, 3.8) is 0 Å². The Balaban J connectivity index is 1.05. The van der Waals surface area contributed by atoms with Crippen molar-refractivity contribution in [3.8, 4) is 33.4 Å². The number of hydrogen-bond donors (Lipinski definition) is 0. The maximum atomic E-state index is 6.89. The molecular weight excluding hydrogens is 713 g/mol. The van der Waals surface area contributed by atoms with Gasteiger partial charge < -0.3 is 8.83 Å². The molecule has 0 N–H and O–H groups in total. The van der Waals surface area contributed by atoms with E-state index in [0.717, 1.165) is 49.4 Å². The van der Waals surface area contributed by atoms with Crippen LogP contribution in [-0.2, 0) is 0 Å². The molecule has 0 aliphatic rings. The average Bonchev–Trinajstić information content (AvgIpc) is 3.95. The number of rotatable bonds is 3. The molecule has 2 nitrogen and oxygen atoms in total. The molecule has 0 fully saturated rings. The third kappa shape index (κ3) is 4.40. The van der Waals surface area contributed by atoms with Gasteiger partial charge in [-0.3, -0.25) is 0 Å². The van der Waals surface area contributed by atoms with E-state index in [4.69, 9.17) is 8.83 Å². The minimum absolute atomic E-state index is 0.884. The summed E-state index contributed by atoms with van der Waals surface area (Å²) in [6.07, 6.45) is 0. The molecule has 264 valence electrons. The molecule has 0 amide bonds. The topological polar surface area (TPSA) is 26.3 Å². The highest BCUT2D eigenvalue weighted by Gasteiger charge is 2.21. The van der Waals surface area contributed by atoms with Crippen molar-refractivity contribution in [1.82, 2.24) is 0 Å². The summed E-state index contributed by atoms with van der Waals surface area (Å²) >= 11 is 1.86. The third-order valence-electron chi connectivity index (χ3n) is 12.0. The molecular formula is C54H30O2S. The number of hydrogen-bond acceptors (Lipinski definition) is 3. The van der Waals surface area contributed by atoms with Gasteiger partial charge in [-0.1, -0.05) is 146 Å². The Kier molecular flexibility index (Phi) is 6.35. The Morgan fingerprint density at radius 3 is 1.65 bits per heavy atom. The van der Waals surface area contributed by atoms with Crippen LogP contribution in [0.1, 0.15) is 0 Å². The van der Waals surface area contributed by atoms with E-state index in [-0.39, 0.29) is 0 Å². The number of benzene rings is 10. The van der Waals surface area contributed by atoms with E-state index in [1.807, 2.05) is 17.4 Å². The van der Waals surface area contributed by atoms with Crippen LogP contribution in [0.3, 0.4) is 0 Å². The van der Waals surface area contributed by atoms with Gasteiger partial charge in [-0.2, -0.15) is 0 Å². The molecule has 3 aromatic heterocycles. The average molecular weight is 743 g/mol. The highest BCUT2D eigenvalue weighted by molar-refractivity contribution is 7.26. The number of thiophene rings is 1. The monoisotopic (exact) mass is 742 g/mol. The van der Waals surface area contributed by atoms with Crippen LogP contribution in [0.25, 0.3) is 130 Å². The molecule has 0 spiro atoms. The van der Waals surface area contributed by atoms with E-state index >= 15 is 0 Å². The van der Waals surface area contributed by atoms with Crippen molar-refractivity contribution >= 4 is 108 Å². The quantitative estimate of drug-likeness (QED) is 0.169. The van der Waals surface area contributed by atoms with E-state index in [0.29, 0.717) is 0 Å². The second-order valence-electron chi connectivity index (χ2n) is 15.1. The van der Waals surface area contributed by atoms with Crippen molar-refractivity contribution in [2.24, 2.45) is 0 Å². The second kappa shape index (κ2) is 11.7. The van der Waals surface area contributed by atoms with Crippen LogP contribution in [0.5, 0.6) is 0 Å². The molecule has 0 unspecified atom stereocenters. The first kappa shape index (κ1) is 31.1. The third-order valence-corrected chi connectivity index (χ3v) is 13.2. The molecule has 0 radical (unpaired) electrons. The van der Waals surface area contributed by atoms with Gasteiger partial charge in [0.15, 0.2) is 0 Å². The fraction of sp³-hybridized carbons (Fsp3) is 0. The summed E-state index contributed by atoms with van der Waals surface area (Å²) in [4.78, 5) is 0. The number of fused-ring (bicyclic) bond motifs is 13. The summed E-state index contributed by atoms with van der Waals surface area (Å²) in [7, 11) is 0. The van der Waals surface area contributed by atoms with E-state index in [9.17, 15) is 0 Å². The molecule has 0 aliphatic carbocycles. The molecule has 10 aromatic carbocycles. The first-order chi connectivity index (χ1) is 28.3. The SMILES string of the molecule is c1ccc(-c2c3ccccc3c(-c3ccc4oc5c(-c6cc7c8cc9oc%10ccccc%10c9cc8sc7c7ccccc67)cccc5c4c3)c3ccccc23)cc1. The zero-order chi connectivity index (χ0) is 37.2. The van der Waals surface area contributed by atoms with Gasteiger partial charge in [-0.15, -0.1) is 11.3 Å². The van der Waals surface area contributed by atoms with Crippen molar-refractivity contribution in [3.05, 3.63) is 182 Å². The Bertz CT molecular complexity index is 3750. The lowest BCUT2D eigenvalue weighted by molar-refractivity contribution is 0.669. The van der Waals surface area contributed by atoms with Crippen LogP contribution in [0, 0.1) is 0 Å².